The van der Waals surface area contributed by atoms with Crippen LogP contribution in [0.4, 0.5) is 0 Å². The van der Waals surface area contributed by atoms with Gasteiger partial charge in [-0.2, -0.15) is 0 Å². The summed E-state index contributed by atoms with van der Waals surface area (Å²) in [5.74, 6) is 1.30. The van der Waals surface area contributed by atoms with E-state index in [-0.39, 0.29) is 5.91 Å². The summed E-state index contributed by atoms with van der Waals surface area (Å²) in [7, 11) is 3.23. The lowest BCUT2D eigenvalue weighted by Crippen LogP contribution is -2.24. The molecule has 0 aliphatic carbocycles. The quantitative estimate of drug-likeness (QED) is 0.560. The van der Waals surface area contributed by atoms with Gasteiger partial charge in [0.1, 0.15) is 6.33 Å². The van der Waals surface area contributed by atoms with Crippen molar-refractivity contribution in [2.75, 3.05) is 20.8 Å². The number of benzene rings is 2. The number of amides is 1. The van der Waals surface area contributed by atoms with Crippen molar-refractivity contribution in [2.45, 2.75) is 19.3 Å². The van der Waals surface area contributed by atoms with Crippen LogP contribution in [0.3, 0.4) is 0 Å². The number of nitrogens with zero attached hydrogens (tertiary/aromatic N) is 2. The zero-order chi connectivity index (χ0) is 20.5. The Labute approximate surface area is 170 Å². The number of nitrogens with one attached hydrogen (secondary N) is 1. The van der Waals surface area contributed by atoms with Gasteiger partial charge in [0.2, 0.25) is 0 Å². The third kappa shape index (κ3) is 5.54. The SMILES string of the molecule is COc1ccc(-c2ccc(C(=O)NCCCCc3cncnc3)cc2)cc1OC. The standard InChI is InChI=1S/C23H25N3O3/c1-28-21-11-10-20(13-22(21)29-2)18-6-8-19(9-7-18)23(27)26-12-4-3-5-17-14-24-16-25-15-17/h6-11,13-16H,3-5,12H2,1-2H3,(H,26,27). The Balaban J connectivity index is 1.51. The number of rotatable bonds is 9. The highest BCUT2D eigenvalue weighted by Crippen LogP contribution is 2.32. The Hall–Kier alpha value is -3.41. The number of methoxy groups -OCH3 is 2. The maximum Gasteiger partial charge on any atom is 0.251 e. The number of hydrogen-bond acceptors (Lipinski definition) is 5. The van der Waals surface area contributed by atoms with E-state index in [0.717, 1.165) is 36.0 Å². The first-order valence-corrected chi connectivity index (χ1v) is 9.56. The Kier molecular flexibility index (Phi) is 7.16. The monoisotopic (exact) mass is 391 g/mol. The number of aromatic nitrogens is 2. The molecule has 0 bridgehead atoms. The molecule has 1 aromatic heterocycles. The van der Waals surface area contributed by atoms with Gasteiger partial charge in [-0.3, -0.25) is 4.79 Å². The lowest BCUT2D eigenvalue weighted by molar-refractivity contribution is 0.0953. The normalized spacial score (nSPS) is 10.4. The van der Waals surface area contributed by atoms with Crippen LogP contribution in [0.5, 0.6) is 11.5 Å². The molecule has 1 N–H and O–H groups in total. The van der Waals surface area contributed by atoms with Gasteiger partial charge in [0.25, 0.3) is 5.91 Å². The van der Waals surface area contributed by atoms with Gasteiger partial charge < -0.3 is 14.8 Å². The van der Waals surface area contributed by atoms with E-state index in [1.165, 1.54) is 6.33 Å². The van der Waals surface area contributed by atoms with E-state index in [1.54, 1.807) is 14.2 Å². The minimum Gasteiger partial charge on any atom is -0.493 e. The molecular weight excluding hydrogens is 366 g/mol. The van der Waals surface area contributed by atoms with E-state index in [4.69, 9.17) is 9.47 Å². The average Bonchev–Trinajstić information content (AvgIpc) is 2.79. The van der Waals surface area contributed by atoms with Gasteiger partial charge in [-0.15, -0.1) is 0 Å². The van der Waals surface area contributed by atoms with Gasteiger partial charge in [0, 0.05) is 24.5 Å². The van der Waals surface area contributed by atoms with Crippen molar-refractivity contribution in [3.63, 3.8) is 0 Å². The summed E-state index contributed by atoms with van der Waals surface area (Å²) in [5.41, 5.74) is 3.77. The molecule has 0 spiro atoms. The van der Waals surface area contributed by atoms with Gasteiger partial charge in [0.15, 0.2) is 11.5 Å². The summed E-state index contributed by atoms with van der Waals surface area (Å²) in [6.07, 6.45) is 7.98. The Morgan fingerprint density at radius 3 is 2.28 bits per heavy atom. The van der Waals surface area contributed by atoms with Crippen LogP contribution in [0.15, 0.2) is 61.2 Å². The molecule has 0 atom stereocenters. The molecule has 0 aliphatic heterocycles. The Morgan fingerprint density at radius 1 is 0.897 bits per heavy atom. The molecule has 0 saturated carbocycles. The lowest BCUT2D eigenvalue weighted by Gasteiger charge is -2.10. The zero-order valence-electron chi connectivity index (χ0n) is 16.7. The third-order valence-electron chi connectivity index (χ3n) is 4.66. The lowest BCUT2D eigenvalue weighted by atomic mass is 10.0. The van der Waals surface area contributed by atoms with E-state index in [9.17, 15) is 4.79 Å². The fraction of sp³-hybridized carbons (Fsp3) is 0.261. The summed E-state index contributed by atoms with van der Waals surface area (Å²) >= 11 is 0. The minimum absolute atomic E-state index is 0.0631. The van der Waals surface area contributed by atoms with E-state index in [0.29, 0.717) is 23.6 Å². The van der Waals surface area contributed by atoms with Crippen LogP contribution in [-0.4, -0.2) is 36.6 Å². The second-order valence-electron chi connectivity index (χ2n) is 6.61. The molecule has 0 fully saturated rings. The molecular formula is C23H25N3O3. The predicted octanol–water partition coefficient (Wildman–Crippen LogP) is 3.91. The molecule has 0 radical (unpaired) electrons. The molecule has 1 heterocycles. The van der Waals surface area contributed by atoms with Crippen LogP contribution >= 0.6 is 0 Å². The molecule has 1 amide bonds. The van der Waals surface area contributed by atoms with E-state index in [2.05, 4.69) is 15.3 Å². The van der Waals surface area contributed by atoms with Gasteiger partial charge in [0.05, 0.1) is 14.2 Å². The van der Waals surface area contributed by atoms with Crippen LogP contribution in [0.2, 0.25) is 0 Å². The molecule has 0 aliphatic rings. The first kappa shape index (κ1) is 20.3. The van der Waals surface area contributed by atoms with Crippen molar-refractivity contribution >= 4 is 5.91 Å². The first-order valence-electron chi connectivity index (χ1n) is 9.56. The van der Waals surface area contributed by atoms with E-state index < -0.39 is 0 Å². The molecule has 6 nitrogen and oxygen atoms in total. The summed E-state index contributed by atoms with van der Waals surface area (Å²) in [6.45, 7) is 0.643. The van der Waals surface area contributed by atoms with Crippen LogP contribution in [0, 0.1) is 0 Å². The topological polar surface area (TPSA) is 73.3 Å². The average molecular weight is 391 g/mol. The summed E-state index contributed by atoms with van der Waals surface area (Å²) in [4.78, 5) is 20.4. The smallest absolute Gasteiger partial charge is 0.251 e. The summed E-state index contributed by atoms with van der Waals surface area (Å²) in [5, 5.41) is 2.97. The highest BCUT2D eigenvalue weighted by Gasteiger charge is 2.08. The predicted molar refractivity (Wildman–Crippen MR) is 112 cm³/mol. The number of unbranched alkanes of at least 4 members (excludes halogenated alkanes) is 1. The van der Waals surface area contributed by atoms with Crippen molar-refractivity contribution in [2.24, 2.45) is 0 Å². The maximum absolute atomic E-state index is 12.3. The minimum atomic E-state index is -0.0631. The third-order valence-corrected chi connectivity index (χ3v) is 4.66. The molecule has 6 heteroatoms. The van der Waals surface area contributed by atoms with Gasteiger partial charge in [-0.1, -0.05) is 18.2 Å². The number of hydrogen-bond donors (Lipinski definition) is 1. The fourth-order valence-corrected chi connectivity index (χ4v) is 3.05. The number of carbonyl (C=O) groups excluding carboxylic acids is 1. The van der Waals surface area contributed by atoms with Crippen LogP contribution in [-0.2, 0) is 6.42 Å². The summed E-state index contributed by atoms with van der Waals surface area (Å²) in [6, 6.07) is 13.3. The molecule has 0 unspecified atom stereocenters. The Bertz CT molecular complexity index is 928. The van der Waals surface area contributed by atoms with Crippen molar-refractivity contribution in [3.05, 3.63) is 72.3 Å². The molecule has 3 aromatic rings. The largest absolute Gasteiger partial charge is 0.493 e. The van der Waals surface area contributed by atoms with Crippen LogP contribution in [0.1, 0.15) is 28.8 Å². The second kappa shape index (κ2) is 10.2. The Morgan fingerprint density at radius 2 is 1.59 bits per heavy atom. The van der Waals surface area contributed by atoms with Crippen molar-refractivity contribution in [3.8, 4) is 22.6 Å². The van der Waals surface area contributed by atoms with E-state index in [1.807, 2.05) is 54.9 Å². The number of carbonyl (C=O) groups is 1. The van der Waals surface area contributed by atoms with Crippen LogP contribution in [0.25, 0.3) is 11.1 Å². The maximum atomic E-state index is 12.3. The molecule has 2 aromatic carbocycles. The number of aryl methyl sites for hydroxylation is 1. The van der Waals surface area contributed by atoms with Gasteiger partial charge in [-0.05, 0) is 60.2 Å². The van der Waals surface area contributed by atoms with E-state index >= 15 is 0 Å². The number of ether oxygens (including phenoxy) is 2. The molecule has 3 rings (SSSR count). The molecule has 0 saturated heterocycles. The fourth-order valence-electron chi connectivity index (χ4n) is 3.05. The van der Waals surface area contributed by atoms with Crippen LogP contribution < -0.4 is 14.8 Å². The van der Waals surface area contributed by atoms with Gasteiger partial charge >= 0.3 is 0 Å². The summed E-state index contributed by atoms with van der Waals surface area (Å²) < 4.78 is 10.6. The molecule has 29 heavy (non-hydrogen) atoms. The zero-order valence-corrected chi connectivity index (χ0v) is 16.7. The van der Waals surface area contributed by atoms with Crippen molar-refractivity contribution < 1.29 is 14.3 Å². The highest BCUT2D eigenvalue weighted by atomic mass is 16.5. The molecule has 150 valence electrons. The first-order chi connectivity index (χ1) is 14.2. The van der Waals surface area contributed by atoms with Crippen molar-refractivity contribution in [1.29, 1.82) is 0 Å². The second-order valence-corrected chi connectivity index (χ2v) is 6.61. The highest BCUT2D eigenvalue weighted by molar-refractivity contribution is 5.94. The van der Waals surface area contributed by atoms with Gasteiger partial charge in [-0.25, -0.2) is 9.97 Å². The van der Waals surface area contributed by atoms with Crippen molar-refractivity contribution in [1.82, 2.24) is 15.3 Å².